The fourth-order valence-electron chi connectivity index (χ4n) is 1.87. The topological polar surface area (TPSA) is 144 Å². The van der Waals surface area contributed by atoms with Crippen LogP contribution in [-0.2, 0) is 19.1 Å². The summed E-state index contributed by atoms with van der Waals surface area (Å²) >= 11 is 0. The van der Waals surface area contributed by atoms with Gasteiger partial charge in [-0.05, 0) is 12.5 Å². The van der Waals surface area contributed by atoms with Gasteiger partial charge in [-0.3, -0.25) is 19.2 Å². The number of carboxylic acid groups (broad SMARTS) is 2. The van der Waals surface area contributed by atoms with E-state index in [-0.39, 0.29) is 13.0 Å². The van der Waals surface area contributed by atoms with Crippen molar-refractivity contribution in [2.24, 2.45) is 5.73 Å². The van der Waals surface area contributed by atoms with Gasteiger partial charge in [0.25, 0.3) is 0 Å². The van der Waals surface area contributed by atoms with Crippen LogP contribution >= 0.6 is 0 Å². The second-order valence-electron chi connectivity index (χ2n) is 5.52. The quantitative estimate of drug-likeness (QED) is 0.364. The molecule has 0 fully saturated rings. The molecule has 0 aliphatic rings. The van der Waals surface area contributed by atoms with Crippen LogP contribution in [0.25, 0.3) is 0 Å². The molecule has 0 spiro atoms. The third-order valence-electron chi connectivity index (χ3n) is 3.16. The van der Waals surface area contributed by atoms with Crippen molar-refractivity contribution in [1.29, 1.82) is 0 Å². The Morgan fingerprint density at radius 3 is 1.86 bits per heavy atom. The van der Waals surface area contributed by atoms with E-state index in [0.29, 0.717) is 0 Å². The fraction of sp³-hybridized carbons (Fsp3) is 0.238. The lowest BCUT2D eigenvalue weighted by Gasteiger charge is -2.07. The molecule has 2 rings (SSSR count). The molecule has 0 bridgehead atoms. The number of carbonyl (C=O) groups is 4. The zero-order valence-electron chi connectivity index (χ0n) is 16.1. The molecule has 29 heavy (non-hydrogen) atoms. The van der Waals surface area contributed by atoms with Crippen molar-refractivity contribution in [2.45, 2.75) is 25.8 Å². The van der Waals surface area contributed by atoms with Crippen LogP contribution in [0.3, 0.4) is 0 Å². The van der Waals surface area contributed by atoms with E-state index in [1.807, 2.05) is 48.5 Å². The number of aliphatic carboxylic acids is 2. The summed E-state index contributed by atoms with van der Waals surface area (Å²) in [6.07, 6.45) is 0.262. The molecular weight excluding hydrogens is 378 g/mol. The minimum atomic E-state index is -1.16. The Bertz CT molecular complexity index is 748. The van der Waals surface area contributed by atoms with Crippen molar-refractivity contribution in [2.75, 3.05) is 6.61 Å². The van der Waals surface area contributed by atoms with Crippen molar-refractivity contribution in [3.05, 3.63) is 71.8 Å². The van der Waals surface area contributed by atoms with Gasteiger partial charge >= 0.3 is 17.9 Å². The number of aldehydes is 1. The van der Waals surface area contributed by atoms with Crippen LogP contribution in [0.1, 0.15) is 41.7 Å². The van der Waals surface area contributed by atoms with Crippen molar-refractivity contribution < 1.29 is 34.1 Å². The van der Waals surface area contributed by atoms with Crippen LogP contribution in [0.15, 0.2) is 60.7 Å². The first-order valence-corrected chi connectivity index (χ1v) is 8.70. The van der Waals surface area contributed by atoms with Crippen LogP contribution in [0.4, 0.5) is 0 Å². The first kappa shape index (κ1) is 25.5. The lowest BCUT2D eigenvalue weighted by atomic mass is 10.1. The highest BCUT2D eigenvalue weighted by Gasteiger charge is 2.09. The zero-order chi connectivity index (χ0) is 22.1. The van der Waals surface area contributed by atoms with E-state index in [0.717, 1.165) is 17.4 Å². The van der Waals surface area contributed by atoms with Gasteiger partial charge in [-0.2, -0.15) is 0 Å². The van der Waals surface area contributed by atoms with Crippen LogP contribution in [0, 0.1) is 0 Å². The first-order valence-electron chi connectivity index (χ1n) is 8.70. The van der Waals surface area contributed by atoms with Gasteiger partial charge in [0.1, 0.15) is 12.7 Å². The lowest BCUT2D eigenvalue weighted by molar-refractivity contribution is -0.151. The van der Waals surface area contributed by atoms with Crippen LogP contribution in [-0.4, -0.2) is 41.0 Å². The van der Waals surface area contributed by atoms with Gasteiger partial charge in [0.15, 0.2) is 0 Å². The number of hydrogen-bond acceptors (Lipinski definition) is 6. The lowest BCUT2D eigenvalue weighted by Crippen LogP contribution is -2.14. The molecule has 0 saturated carbocycles. The summed E-state index contributed by atoms with van der Waals surface area (Å²) in [6, 6.07) is 17.9. The summed E-state index contributed by atoms with van der Waals surface area (Å²) < 4.78 is 4.33. The molecule has 1 unspecified atom stereocenters. The van der Waals surface area contributed by atoms with E-state index in [1.165, 1.54) is 0 Å². The van der Waals surface area contributed by atoms with Gasteiger partial charge < -0.3 is 20.7 Å². The number of nitrogens with two attached hydrogens (primary N) is 1. The maximum Gasteiger partial charge on any atom is 0.317 e. The summed E-state index contributed by atoms with van der Waals surface area (Å²) in [5.41, 5.74) is 7.21. The molecular formula is C21H25NO7. The standard InChI is InChI=1S/C9H11NO2.C7H6O.C5H8O4/c10-8(6-9(11)12)7-4-2-1-3-5-7;8-6-7-4-2-1-3-5-7;1-2-9-5(8)3-4(6)7/h1-5,8H,6,10H2,(H,11,12);1-6H;2-3H2,1H3,(H,6,7). The van der Waals surface area contributed by atoms with Crippen molar-refractivity contribution >= 4 is 24.2 Å². The molecule has 0 aliphatic heterocycles. The third kappa shape index (κ3) is 14.2. The van der Waals surface area contributed by atoms with Crippen LogP contribution in [0.5, 0.6) is 0 Å². The molecule has 0 aliphatic carbocycles. The minimum absolute atomic E-state index is 0.0238. The molecule has 0 amide bonds. The molecule has 8 heteroatoms. The number of hydrogen-bond donors (Lipinski definition) is 3. The Kier molecular flexibility index (Phi) is 13.6. The number of rotatable bonds is 7. The Balaban J connectivity index is 0.000000416. The Morgan fingerprint density at radius 1 is 0.966 bits per heavy atom. The normalized spacial score (nSPS) is 10.1. The molecule has 0 heterocycles. The van der Waals surface area contributed by atoms with Crippen LogP contribution < -0.4 is 5.73 Å². The van der Waals surface area contributed by atoms with Gasteiger partial charge in [0.05, 0.1) is 13.0 Å². The monoisotopic (exact) mass is 403 g/mol. The summed E-state index contributed by atoms with van der Waals surface area (Å²) in [4.78, 5) is 40.3. The highest BCUT2D eigenvalue weighted by molar-refractivity contribution is 5.90. The first-order chi connectivity index (χ1) is 13.8. The number of benzene rings is 2. The number of ether oxygens (including phenoxy) is 1. The molecule has 8 nitrogen and oxygen atoms in total. The number of carbonyl (C=O) groups excluding carboxylic acids is 2. The highest BCUT2D eigenvalue weighted by Crippen LogP contribution is 2.12. The molecule has 0 radical (unpaired) electrons. The molecule has 2 aromatic rings. The maximum absolute atomic E-state index is 10.3. The van der Waals surface area contributed by atoms with Crippen molar-refractivity contribution in [3.8, 4) is 0 Å². The molecule has 0 saturated heterocycles. The average molecular weight is 403 g/mol. The predicted octanol–water partition coefficient (Wildman–Crippen LogP) is 2.68. The van der Waals surface area contributed by atoms with Gasteiger partial charge in [-0.25, -0.2) is 0 Å². The molecule has 4 N–H and O–H groups in total. The highest BCUT2D eigenvalue weighted by atomic mass is 16.5. The van der Waals surface area contributed by atoms with E-state index in [1.54, 1.807) is 19.1 Å². The summed E-state index contributed by atoms with van der Waals surface area (Å²) in [5, 5.41) is 16.5. The van der Waals surface area contributed by atoms with E-state index in [2.05, 4.69) is 4.74 Å². The summed E-state index contributed by atoms with van der Waals surface area (Å²) in [5.74, 6) is -2.72. The van der Waals surface area contributed by atoms with Crippen molar-refractivity contribution in [1.82, 2.24) is 0 Å². The molecule has 1 atom stereocenters. The number of carboxylic acids is 2. The smallest absolute Gasteiger partial charge is 0.317 e. The van der Waals surface area contributed by atoms with E-state index >= 15 is 0 Å². The number of esters is 1. The van der Waals surface area contributed by atoms with Crippen molar-refractivity contribution in [3.63, 3.8) is 0 Å². The largest absolute Gasteiger partial charge is 0.481 e. The second kappa shape index (κ2) is 15.5. The summed E-state index contributed by atoms with van der Waals surface area (Å²) in [7, 11) is 0. The molecule has 2 aromatic carbocycles. The third-order valence-corrected chi connectivity index (χ3v) is 3.16. The maximum atomic E-state index is 10.3. The van der Waals surface area contributed by atoms with Gasteiger partial charge in [0, 0.05) is 11.6 Å². The second-order valence-corrected chi connectivity index (χ2v) is 5.52. The fourth-order valence-corrected chi connectivity index (χ4v) is 1.87. The Hall–Kier alpha value is -3.52. The van der Waals surface area contributed by atoms with E-state index < -0.39 is 30.4 Å². The molecule has 156 valence electrons. The van der Waals surface area contributed by atoms with E-state index in [4.69, 9.17) is 15.9 Å². The van der Waals surface area contributed by atoms with Gasteiger partial charge in [-0.1, -0.05) is 60.7 Å². The Labute approximate surface area is 168 Å². The predicted molar refractivity (Wildman–Crippen MR) is 106 cm³/mol. The van der Waals surface area contributed by atoms with Gasteiger partial charge in [-0.15, -0.1) is 0 Å². The molecule has 0 aromatic heterocycles. The van der Waals surface area contributed by atoms with E-state index in [9.17, 15) is 19.2 Å². The SMILES string of the molecule is CCOC(=O)CC(=O)O.NC(CC(=O)O)c1ccccc1.O=Cc1ccccc1. The Morgan fingerprint density at radius 2 is 1.48 bits per heavy atom. The van der Waals surface area contributed by atoms with Gasteiger partial charge in [0.2, 0.25) is 0 Å². The van der Waals surface area contributed by atoms with Crippen LogP contribution in [0.2, 0.25) is 0 Å². The average Bonchev–Trinajstić information content (AvgIpc) is 2.69. The minimum Gasteiger partial charge on any atom is -0.481 e. The zero-order valence-corrected chi connectivity index (χ0v) is 16.1. The summed E-state index contributed by atoms with van der Waals surface area (Å²) in [6.45, 7) is 1.85.